The molecule has 100 valence electrons. The molecule has 0 amide bonds. The lowest BCUT2D eigenvalue weighted by Crippen LogP contribution is -2.38. The summed E-state index contributed by atoms with van der Waals surface area (Å²) in [5, 5.41) is 0. The Bertz CT molecular complexity index is 411. The first-order valence-corrected chi connectivity index (χ1v) is 6.78. The molecule has 0 saturated heterocycles. The molecule has 0 unspecified atom stereocenters. The molecule has 0 aliphatic heterocycles. The number of carbonyl (C=O) groups excluding carboxylic acids is 1. The van der Waals surface area contributed by atoms with Crippen LogP contribution in [0.4, 0.5) is 0 Å². The highest BCUT2D eigenvalue weighted by atomic mass is 16.1. The molecule has 0 spiro atoms. The first-order chi connectivity index (χ1) is 8.49. The lowest BCUT2D eigenvalue weighted by Gasteiger charge is -2.28. The number of rotatable bonds is 6. The zero-order valence-electron chi connectivity index (χ0n) is 12.0. The van der Waals surface area contributed by atoms with Crippen LogP contribution in [-0.2, 0) is 11.2 Å². The predicted molar refractivity (Wildman–Crippen MR) is 76.7 cm³/mol. The molecule has 2 nitrogen and oxygen atoms in total. The van der Waals surface area contributed by atoms with Crippen LogP contribution in [0.3, 0.4) is 0 Å². The molecule has 2 N–H and O–H groups in total. The highest BCUT2D eigenvalue weighted by Gasteiger charge is 2.32. The fourth-order valence-electron chi connectivity index (χ4n) is 2.33. The molecule has 0 atom stereocenters. The maximum Gasteiger partial charge on any atom is 0.144 e. The molecule has 0 fully saturated rings. The predicted octanol–water partition coefficient (Wildman–Crippen LogP) is 3.18. The fraction of sp³-hybridized carbons (Fsp3) is 0.562. The van der Waals surface area contributed by atoms with Crippen LogP contribution in [-0.4, -0.2) is 12.3 Å². The van der Waals surface area contributed by atoms with Gasteiger partial charge in [-0.1, -0.05) is 32.0 Å². The van der Waals surface area contributed by atoms with Gasteiger partial charge in [-0.25, -0.2) is 0 Å². The summed E-state index contributed by atoms with van der Waals surface area (Å²) in [4.78, 5) is 12.4. The van der Waals surface area contributed by atoms with Gasteiger partial charge in [0.05, 0.1) is 0 Å². The van der Waals surface area contributed by atoms with Gasteiger partial charge < -0.3 is 5.73 Å². The molecule has 2 heteroatoms. The Morgan fingerprint density at radius 1 is 1.17 bits per heavy atom. The zero-order chi connectivity index (χ0) is 13.8. The molecule has 0 radical (unpaired) electrons. The summed E-state index contributed by atoms with van der Waals surface area (Å²) in [6.45, 7) is 8.72. The standard InChI is InChI=1S/C16H25NO/c1-5-16(6-2,11-17)15(18)10-14-8-7-12(3)13(4)9-14/h7-9H,5-6,10-11,17H2,1-4H3. The van der Waals surface area contributed by atoms with E-state index in [4.69, 9.17) is 5.73 Å². The molecule has 0 aliphatic rings. The number of benzene rings is 1. The van der Waals surface area contributed by atoms with Crippen LogP contribution in [0.2, 0.25) is 0 Å². The van der Waals surface area contributed by atoms with Gasteiger partial charge in [-0.3, -0.25) is 4.79 Å². The molecule has 0 saturated carbocycles. The number of hydrogen-bond acceptors (Lipinski definition) is 2. The van der Waals surface area contributed by atoms with E-state index in [0.29, 0.717) is 13.0 Å². The van der Waals surface area contributed by atoms with Crippen molar-refractivity contribution in [1.29, 1.82) is 0 Å². The van der Waals surface area contributed by atoms with Gasteiger partial charge in [-0.15, -0.1) is 0 Å². The van der Waals surface area contributed by atoms with Crippen molar-refractivity contribution in [2.45, 2.75) is 47.0 Å². The number of carbonyl (C=O) groups is 1. The zero-order valence-corrected chi connectivity index (χ0v) is 12.0. The first kappa shape index (κ1) is 14.9. The summed E-state index contributed by atoms with van der Waals surface area (Å²) in [5.41, 5.74) is 9.09. The van der Waals surface area contributed by atoms with Crippen molar-refractivity contribution < 1.29 is 4.79 Å². The second-order valence-corrected chi connectivity index (χ2v) is 5.21. The highest BCUT2D eigenvalue weighted by Crippen LogP contribution is 2.28. The van der Waals surface area contributed by atoms with Gasteiger partial charge in [0.2, 0.25) is 0 Å². The Kier molecular flexibility index (Phi) is 5.09. The highest BCUT2D eigenvalue weighted by molar-refractivity contribution is 5.87. The van der Waals surface area contributed by atoms with E-state index < -0.39 is 0 Å². The van der Waals surface area contributed by atoms with Crippen LogP contribution in [0, 0.1) is 19.3 Å². The molecule has 18 heavy (non-hydrogen) atoms. The van der Waals surface area contributed by atoms with E-state index in [0.717, 1.165) is 18.4 Å². The summed E-state index contributed by atoms with van der Waals surface area (Å²) in [7, 11) is 0. The van der Waals surface area contributed by atoms with Crippen molar-refractivity contribution in [2.75, 3.05) is 6.54 Å². The summed E-state index contributed by atoms with van der Waals surface area (Å²) in [6.07, 6.45) is 2.15. The Morgan fingerprint density at radius 2 is 1.78 bits per heavy atom. The van der Waals surface area contributed by atoms with E-state index in [1.54, 1.807) is 0 Å². The molecule has 0 aromatic heterocycles. The van der Waals surface area contributed by atoms with Gasteiger partial charge in [-0.2, -0.15) is 0 Å². The van der Waals surface area contributed by atoms with Crippen LogP contribution >= 0.6 is 0 Å². The first-order valence-electron chi connectivity index (χ1n) is 6.78. The minimum atomic E-state index is -0.335. The third-order valence-corrected chi connectivity index (χ3v) is 4.27. The lowest BCUT2D eigenvalue weighted by molar-refractivity contribution is -0.128. The molecule has 0 aliphatic carbocycles. The van der Waals surface area contributed by atoms with Crippen molar-refractivity contribution in [3.05, 3.63) is 34.9 Å². The van der Waals surface area contributed by atoms with E-state index in [1.165, 1.54) is 11.1 Å². The van der Waals surface area contributed by atoms with Crippen molar-refractivity contribution in [3.8, 4) is 0 Å². The van der Waals surface area contributed by atoms with Gasteiger partial charge in [0.1, 0.15) is 5.78 Å². The van der Waals surface area contributed by atoms with E-state index in [9.17, 15) is 4.79 Å². The third kappa shape index (κ3) is 2.99. The monoisotopic (exact) mass is 247 g/mol. The number of hydrogen-bond donors (Lipinski definition) is 1. The van der Waals surface area contributed by atoms with Gasteiger partial charge in [-0.05, 0) is 43.4 Å². The minimum Gasteiger partial charge on any atom is -0.329 e. The molecule has 0 heterocycles. The Morgan fingerprint density at radius 3 is 2.22 bits per heavy atom. The van der Waals surface area contributed by atoms with Crippen molar-refractivity contribution >= 4 is 5.78 Å². The van der Waals surface area contributed by atoms with Crippen LogP contribution in [0.1, 0.15) is 43.4 Å². The maximum atomic E-state index is 12.4. The van der Waals surface area contributed by atoms with E-state index >= 15 is 0 Å². The number of ketones is 1. The molecular formula is C16H25NO. The third-order valence-electron chi connectivity index (χ3n) is 4.27. The normalized spacial score (nSPS) is 11.6. The number of Topliss-reactive ketones (excluding diaryl/α,β-unsaturated/α-hetero) is 1. The van der Waals surface area contributed by atoms with E-state index in [2.05, 4.69) is 39.8 Å². The van der Waals surface area contributed by atoms with Gasteiger partial charge in [0, 0.05) is 18.4 Å². The van der Waals surface area contributed by atoms with E-state index in [-0.39, 0.29) is 11.2 Å². The fourth-order valence-corrected chi connectivity index (χ4v) is 2.33. The summed E-state index contributed by atoms with van der Waals surface area (Å²) < 4.78 is 0. The maximum absolute atomic E-state index is 12.4. The Hall–Kier alpha value is -1.15. The second kappa shape index (κ2) is 6.14. The second-order valence-electron chi connectivity index (χ2n) is 5.21. The average molecular weight is 247 g/mol. The number of nitrogens with two attached hydrogens (primary N) is 1. The van der Waals surface area contributed by atoms with Gasteiger partial charge >= 0.3 is 0 Å². The topological polar surface area (TPSA) is 43.1 Å². The molecule has 0 bridgehead atoms. The summed E-state index contributed by atoms with van der Waals surface area (Å²) >= 11 is 0. The smallest absolute Gasteiger partial charge is 0.144 e. The largest absolute Gasteiger partial charge is 0.329 e. The van der Waals surface area contributed by atoms with Crippen molar-refractivity contribution in [2.24, 2.45) is 11.1 Å². The van der Waals surface area contributed by atoms with Gasteiger partial charge in [0.15, 0.2) is 0 Å². The quantitative estimate of drug-likeness (QED) is 0.839. The Balaban J connectivity index is 2.89. The van der Waals surface area contributed by atoms with Crippen molar-refractivity contribution in [1.82, 2.24) is 0 Å². The Labute approximate surface area is 111 Å². The van der Waals surface area contributed by atoms with Crippen LogP contribution in [0.25, 0.3) is 0 Å². The van der Waals surface area contributed by atoms with Crippen molar-refractivity contribution in [3.63, 3.8) is 0 Å². The molecular weight excluding hydrogens is 222 g/mol. The molecule has 1 aromatic carbocycles. The summed E-state index contributed by atoms with van der Waals surface area (Å²) in [5.74, 6) is 0.276. The van der Waals surface area contributed by atoms with Crippen LogP contribution < -0.4 is 5.73 Å². The lowest BCUT2D eigenvalue weighted by atomic mass is 9.76. The van der Waals surface area contributed by atoms with Crippen LogP contribution in [0.5, 0.6) is 0 Å². The molecule has 1 rings (SSSR count). The summed E-state index contributed by atoms with van der Waals surface area (Å²) in [6, 6.07) is 6.24. The molecule has 1 aromatic rings. The van der Waals surface area contributed by atoms with Crippen LogP contribution in [0.15, 0.2) is 18.2 Å². The van der Waals surface area contributed by atoms with Gasteiger partial charge in [0.25, 0.3) is 0 Å². The SMILES string of the molecule is CCC(CC)(CN)C(=O)Cc1ccc(C)c(C)c1. The average Bonchev–Trinajstić information content (AvgIpc) is 2.37. The van der Waals surface area contributed by atoms with E-state index in [1.807, 2.05) is 6.07 Å². The number of aryl methyl sites for hydroxylation is 2. The minimum absolute atomic E-state index is 0.276.